The molecule has 1 N–H and O–H groups in total. The molecule has 1 rings (SSSR count). The van der Waals surface area contributed by atoms with E-state index < -0.39 is 11.2 Å². The fourth-order valence-corrected chi connectivity index (χ4v) is 1.86. The van der Waals surface area contributed by atoms with Gasteiger partial charge in [-0.15, -0.1) is 0 Å². The molecule has 3 heteroatoms. The monoisotopic (exact) mass is 200 g/mol. The SMILES string of the molecule is CC(C)(C)OC(=O)CC1(O)CCCC1. The molecule has 0 amide bonds. The van der Waals surface area contributed by atoms with Crippen molar-refractivity contribution in [2.24, 2.45) is 0 Å². The highest BCUT2D eigenvalue weighted by Gasteiger charge is 2.35. The van der Waals surface area contributed by atoms with Gasteiger partial charge in [-0.05, 0) is 33.6 Å². The van der Waals surface area contributed by atoms with Crippen molar-refractivity contribution in [3.63, 3.8) is 0 Å². The van der Waals surface area contributed by atoms with Gasteiger partial charge < -0.3 is 9.84 Å². The van der Waals surface area contributed by atoms with E-state index in [0.29, 0.717) is 0 Å². The maximum absolute atomic E-state index is 11.4. The summed E-state index contributed by atoms with van der Waals surface area (Å²) in [6, 6.07) is 0. The van der Waals surface area contributed by atoms with Gasteiger partial charge in [0.2, 0.25) is 0 Å². The average Bonchev–Trinajstić information content (AvgIpc) is 2.30. The first-order valence-corrected chi connectivity index (χ1v) is 5.25. The van der Waals surface area contributed by atoms with Gasteiger partial charge in [-0.3, -0.25) is 4.79 Å². The zero-order chi connectivity index (χ0) is 10.8. The first-order valence-electron chi connectivity index (χ1n) is 5.25. The highest BCUT2D eigenvalue weighted by atomic mass is 16.6. The predicted octanol–water partition coefficient (Wildman–Crippen LogP) is 2.02. The van der Waals surface area contributed by atoms with Gasteiger partial charge in [-0.25, -0.2) is 0 Å². The fraction of sp³-hybridized carbons (Fsp3) is 0.909. The number of carbonyl (C=O) groups excluding carboxylic acids is 1. The van der Waals surface area contributed by atoms with Crippen LogP contribution in [0.5, 0.6) is 0 Å². The van der Waals surface area contributed by atoms with Crippen LogP contribution in [0.2, 0.25) is 0 Å². The molecule has 0 aromatic rings. The molecule has 0 unspecified atom stereocenters. The molecule has 0 atom stereocenters. The van der Waals surface area contributed by atoms with Crippen LogP contribution in [-0.4, -0.2) is 22.3 Å². The highest BCUT2D eigenvalue weighted by molar-refractivity contribution is 5.71. The molecule has 0 aromatic carbocycles. The molecular formula is C11H20O3. The van der Waals surface area contributed by atoms with Crippen molar-refractivity contribution < 1.29 is 14.6 Å². The number of aliphatic hydroxyl groups is 1. The molecule has 0 heterocycles. The number of hydrogen-bond donors (Lipinski definition) is 1. The molecule has 82 valence electrons. The Labute approximate surface area is 85.5 Å². The molecule has 0 saturated heterocycles. The molecule has 0 radical (unpaired) electrons. The van der Waals surface area contributed by atoms with Crippen LogP contribution < -0.4 is 0 Å². The van der Waals surface area contributed by atoms with Crippen LogP contribution in [0.1, 0.15) is 52.9 Å². The second-order valence-electron chi connectivity index (χ2n) is 5.19. The van der Waals surface area contributed by atoms with Crippen molar-refractivity contribution in [2.75, 3.05) is 0 Å². The second-order valence-corrected chi connectivity index (χ2v) is 5.19. The minimum absolute atomic E-state index is 0.143. The summed E-state index contributed by atoms with van der Waals surface area (Å²) >= 11 is 0. The third-order valence-electron chi connectivity index (χ3n) is 2.43. The Hall–Kier alpha value is -0.570. The minimum Gasteiger partial charge on any atom is -0.460 e. The molecule has 0 aliphatic heterocycles. The molecule has 1 saturated carbocycles. The molecule has 0 aromatic heterocycles. The van der Waals surface area contributed by atoms with E-state index in [9.17, 15) is 9.90 Å². The summed E-state index contributed by atoms with van der Waals surface area (Å²) in [5.41, 5.74) is -1.24. The Morgan fingerprint density at radius 3 is 2.29 bits per heavy atom. The number of carbonyl (C=O) groups is 1. The van der Waals surface area contributed by atoms with Gasteiger partial charge >= 0.3 is 5.97 Å². The van der Waals surface area contributed by atoms with Crippen molar-refractivity contribution in [3.8, 4) is 0 Å². The zero-order valence-corrected chi connectivity index (χ0v) is 9.30. The van der Waals surface area contributed by atoms with E-state index in [0.717, 1.165) is 25.7 Å². The van der Waals surface area contributed by atoms with Crippen molar-refractivity contribution >= 4 is 5.97 Å². The smallest absolute Gasteiger partial charge is 0.309 e. The van der Waals surface area contributed by atoms with Crippen molar-refractivity contribution in [2.45, 2.75) is 64.1 Å². The van der Waals surface area contributed by atoms with Crippen LogP contribution in [0, 0.1) is 0 Å². The number of rotatable bonds is 2. The summed E-state index contributed by atoms with van der Waals surface area (Å²) in [5, 5.41) is 9.96. The van der Waals surface area contributed by atoms with Crippen molar-refractivity contribution in [3.05, 3.63) is 0 Å². The molecule has 1 aliphatic rings. The molecule has 0 bridgehead atoms. The highest BCUT2D eigenvalue weighted by Crippen LogP contribution is 2.32. The number of esters is 1. The van der Waals surface area contributed by atoms with E-state index in [1.165, 1.54) is 0 Å². The zero-order valence-electron chi connectivity index (χ0n) is 9.30. The van der Waals surface area contributed by atoms with Crippen LogP contribution in [-0.2, 0) is 9.53 Å². The van der Waals surface area contributed by atoms with Crippen LogP contribution in [0.15, 0.2) is 0 Å². The van der Waals surface area contributed by atoms with Crippen molar-refractivity contribution in [1.29, 1.82) is 0 Å². The van der Waals surface area contributed by atoms with E-state index in [1.807, 2.05) is 20.8 Å². The largest absolute Gasteiger partial charge is 0.460 e. The Morgan fingerprint density at radius 1 is 1.36 bits per heavy atom. The van der Waals surface area contributed by atoms with E-state index in [4.69, 9.17) is 4.74 Å². The van der Waals surface area contributed by atoms with Crippen LogP contribution in [0.3, 0.4) is 0 Å². The molecule has 0 spiro atoms. The number of ether oxygens (including phenoxy) is 1. The van der Waals surface area contributed by atoms with Crippen LogP contribution in [0.25, 0.3) is 0 Å². The van der Waals surface area contributed by atoms with Gasteiger partial charge in [0.1, 0.15) is 5.60 Å². The molecule has 14 heavy (non-hydrogen) atoms. The first-order chi connectivity index (χ1) is 6.31. The number of hydrogen-bond acceptors (Lipinski definition) is 3. The topological polar surface area (TPSA) is 46.5 Å². The van der Waals surface area contributed by atoms with Gasteiger partial charge in [0, 0.05) is 0 Å². The predicted molar refractivity (Wildman–Crippen MR) is 53.9 cm³/mol. The minimum atomic E-state index is -0.789. The average molecular weight is 200 g/mol. The van der Waals surface area contributed by atoms with E-state index >= 15 is 0 Å². The molecule has 3 nitrogen and oxygen atoms in total. The van der Waals surface area contributed by atoms with E-state index in [2.05, 4.69) is 0 Å². The van der Waals surface area contributed by atoms with Gasteiger partial charge in [-0.2, -0.15) is 0 Å². The van der Waals surface area contributed by atoms with Gasteiger partial charge in [0.25, 0.3) is 0 Å². The molecule has 1 aliphatic carbocycles. The Bertz CT molecular complexity index is 209. The van der Waals surface area contributed by atoms with Gasteiger partial charge in [-0.1, -0.05) is 12.8 Å². The molecule has 1 fully saturated rings. The van der Waals surface area contributed by atoms with Gasteiger partial charge in [0.15, 0.2) is 0 Å². The third-order valence-corrected chi connectivity index (χ3v) is 2.43. The summed E-state index contributed by atoms with van der Waals surface area (Å²) in [7, 11) is 0. The standard InChI is InChI=1S/C11H20O3/c1-10(2,3)14-9(12)8-11(13)6-4-5-7-11/h13H,4-8H2,1-3H3. The third kappa shape index (κ3) is 3.66. The maximum atomic E-state index is 11.4. The van der Waals surface area contributed by atoms with Crippen LogP contribution in [0.4, 0.5) is 0 Å². The lowest BCUT2D eigenvalue weighted by Gasteiger charge is -2.25. The summed E-state index contributed by atoms with van der Waals surface area (Å²) < 4.78 is 5.17. The summed E-state index contributed by atoms with van der Waals surface area (Å²) in [5.74, 6) is -0.290. The maximum Gasteiger partial charge on any atom is 0.309 e. The Balaban J connectivity index is 2.40. The Kier molecular flexibility index (Phi) is 3.20. The fourth-order valence-electron chi connectivity index (χ4n) is 1.86. The lowest BCUT2D eigenvalue weighted by atomic mass is 9.98. The van der Waals surface area contributed by atoms with E-state index in [1.54, 1.807) is 0 Å². The van der Waals surface area contributed by atoms with Gasteiger partial charge in [0.05, 0.1) is 12.0 Å². The normalized spacial score (nSPS) is 20.9. The van der Waals surface area contributed by atoms with Crippen LogP contribution >= 0.6 is 0 Å². The van der Waals surface area contributed by atoms with E-state index in [-0.39, 0.29) is 12.4 Å². The quantitative estimate of drug-likeness (QED) is 0.694. The molecular weight excluding hydrogens is 180 g/mol. The summed E-state index contributed by atoms with van der Waals surface area (Å²) in [4.78, 5) is 11.4. The summed E-state index contributed by atoms with van der Waals surface area (Å²) in [6.07, 6.45) is 3.63. The Morgan fingerprint density at radius 2 is 1.86 bits per heavy atom. The lowest BCUT2D eigenvalue weighted by Crippen LogP contribution is -2.32. The second kappa shape index (κ2) is 3.89. The summed E-state index contributed by atoms with van der Waals surface area (Å²) in [6.45, 7) is 5.51. The van der Waals surface area contributed by atoms with Crippen molar-refractivity contribution in [1.82, 2.24) is 0 Å². The lowest BCUT2D eigenvalue weighted by molar-refractivity contribution is -0.160. The first kappa shape index (κ1) is 11.5.